The van der Waals surface area contributed by atoms with Gasteiger partial charge in [0, 0.05) is 32.7 Å². The van der Waals surface area contributed by atoms with Crippen LogP contribution in [0.2, 0.25) is 0 Å². The molecule has 4 heterocycles. The van der Waals surface area contributed by atoms with E-state index in [0.717, 1.165) is 76.5 Å². The minimum Gasteiger partial charge on any atom is -0.456 e. The van der Waals surface area contributed by atoms with Gasteiger partial charge in [-0.15, -0.1) is 0 Å². The van der Waals surface area contributed by atoms with Crippen LogP contribution in [-0.2, 0) is 9.31 Å². The summed E-state index contributed by atoms with van der Waals surface area (Å²) in [6, 6.07) is 37.4. The van der Waals surface area contributed by atoms with Gasteiger partial charge in [0.05, 0.1) is 11.2 Å². The summed E-state index contributed by atoms with van der Waals surface area (Å²) in [4.78, 5) is 15.0. The van der Waals surface area contributed by atoms with Crippen LogP contribution in [0, 0.1) is 0 Å². The zero-order valence-corrected chi connectivity index (χ0v) is 27.4. The number of nitrogens with zero attached hydrogens (tertiary/aromatic N) is 3. The first-order valence-electron chi connectivity index (χ1n) is 16.5. The van der Waals surface area contributed by atoms with Crippen molar-refractivity contribution in [3.63, 3.8) is 0 Å². The third-order valence-electron chi connectivity index (χ3n) is 10.3. The van der Waals surface area contributed by atoms with E-state index in [-0.39, 0.29) is 0 Å². The van der Waals surface area contributed by atoms with E-state index in [1.54, 1.807) is 0 Å². The highest BCUT2D eigenvalue weighted by Crippen LogP contribution is 2.38. The predicted molar refractivity (Wildman–Crippen MR) is 196 cm³/mol. The molecule has 0 aliphatic carbocycles. The van der Waals surface area contributed by atoms with Gasteiger partial charge in [-0.25, -0.2) is 15.0 Å². The summed E-state index contributed by atoms with van der Waals surface area (Å²) in [6.45, 7) is 8.11. The minimum atomic E-state index is -0.764. The van der Waals surface area contributed by atoms with E-state index >= 15 is 0 Å². The lowest BCUT2D eigenvalue weighted by atomic mass is 9.89. The lowest BCUT2D eigenvalue weighted by Crippen LogP contribution is -2.41. The molecule has 8 heteroatoms. The van der Waals surface area contributed by atoms with Crippen molar-refractivity contribution in [1.29, 1.82) is 0 Å². The molecule has 49 heavy (non-hydrogen) atoms. The van der Waals surface area contributed by atoms with Crippen LogP contribution in [0.15, 0.2) is 118 Å². The van der Waals surface area contributed by atoms with E-state index in [2.05, 4.69) is 72.8 Å². The molecule has 0 radical (unpaired) electrons. The van der Waals surface area contributed by atoms with E-state index in [0.29, 0.717) is 17.4 Å². The molecule has 1 fully saturated rings. The summed E-state index contributed by atoms with van der Waals surface area (Å²) >= 11 is 0. The van der Waals surface area contributed by atoms with E-state index < -0.39 is 18.3 Å². The molecule has 0 bridgehead atoms. The molecule has 1 aliphatic rings. The van der Waals surface area contributed by atoms with Crippen LogP contribution in [-0.4, -0.2) is 33.3 Å². The van der Waals surface area contributed by atoms with Crippen LogP contribution >= 0.6 is 0 Å². The predicted octanol–water partition coefficient (Wildman–Crippen LogP) is 9.61. The van der Waals surface area contributed by atoms with Crippen molar-refractivity contribution in [3.05, 3.63) is 109 Å². The molecule has 10 rings (SSSR count). The van der Waals surface area contributed by atoms with E-state index in [9.17, 15) is 0 Å². The Labute approximate surface area is 281 Å². The average Bonchev–Trinajstić information content (AvgIpc) is 3.72. The normalized spacial score (nSPS) is 15.9. The van der Waals surface area contributed by atoms with Crippen molar-refractivity contribution < 1.29 is 18.1 Å². The Hall–Kier alpha value is -5.57. The highest BCUT2D eigenvalue weighted by Gasteiger charge is 2.53. The molecular formula is C41H30BN3O4. The van der Waals surface area contributed by atoms with E-state index in [4.69, 9.17) is 33.1 Å². The highest BCUT2D eigenvalue weighted by molar-refractivity contribution is 6.60. The third kappa shape index (κ3) is 4.41. The highest BCUT2D eigenvalue weighted by atomic mass is 16.7. The lowest BCUT2D eigenvalue weighted by Gasteiger charge is -2.32. The number of benzene rings is 6. The number of fused-ring (bicyclic) bond motifs is 8. The van der Waals surface area contributed by atoms with E-state index in [1.165, 1.54) is 0 Å². The molecule has 0 N–H and O–H groups in total. The summed E-state index contributed by atoms with van der Waals surface area (Å²) in [6.07, 6.45) is 0. The molecule has 6 aromatic carbocycles. The number of hydrogen-bond acceptors (Lipinski definition) is 7. The molecule has 3 aromatic heterocycles. The Bertz CT molecular complexity index is 2630. The fourth-order valence-corrected chi connectivity index (χ4v) is 6.91. The van der Waals surface area contributed by atoms with E-state index in [1.807, 2.05) is 64.1 Å². The van der Waals surface area contributed by atoms with Crippen molar-refractivity contribution >= 4 is 78.3 Å². The van der Waals surface area contributed by atoms with Crippen molar-refractivity contribution in [2.24, 2.45) is 0 Å². The number of hydrogen-bond donors (Lipinski definition) is 0. The second-order valence-electron chi connectivity index (χ2n) is 13.9. The smallest absolute Gasteiger partial charge is 0.456 e. The first-order valence-corrected chi connectivity index (χ1v) is 16.5. The van der Waals surface area contributed by atoms with Crippen LogP contribution in [0.25, 0.3) is 88.2 Å². The topological polar surface area (TPSA) is 83.4 Å². The van der Waals surface area contributed by atoms with Gasteiger partial charge in [-0.2, -0.15) is 0 Å². The van der Waals surface area contributed by atoms with Gasteiger partial charge in [0.1, 0.15) is 22.3 Å². The van der Waals surface area contributed by atoms with Crippen LogP contribution in [0.4, 0.5) is 0 Å². The van der Waals surface area contributed by atoms with Gasteiger partial charge in [0.25, 0.3) is 0 Å². The molecule has 0 amide bonds. The molecule has 7 nitrogen and oxygen atoms in total. The Morgan fingerprint density at radius 1 is 0.449 bits per heavy atom. The van der Waals surface area contributed by atoms with Crippen LogP contribution < -0.4 is 5.72 Å². The van der Waals surface area contributed by atoms with Crippen LogP contribution in [0.3, 0.4) is 0 Å². The molecule has 236 valence electrons. The first-order chi connectivity index (χ1) is 23.7. The van der Waals surface area contributed by atoms with Gasteiger partial charge in [-0.3, -0.25) is 0 Å². The molecule has 0 saturated carbocycles. The van der Waals surface area contributed by atoms with Gasteiger partial charge < -0.3 is 18.1 Å². The molecular weight excluding hydrogens is 609 g/mol. The number of aromatic nitrogens is 3. The first kappa shape index (κ1) is 28.4. The zero-order valence-electron chi connectivity index (χ0n) is 27.4. The molecule has 1 aliphatic heterocycles. The summed E-state index contributed by atoms with van der Waals surface area (Å²) < 4.78 is 25.5. The summed E-state index contributed by atoms with van der Waals surface area (Å²) in [5.74, 6) is 1.05. The Balaban J connectivity index is 1.16. The minimum absolute atomic E-state index is 0.421. The van der Waals surface area contributed by atoms with Crippen molar-refractivity contribution in [2.75, 3.05) is 0 Å². The lowest BCUT2D eigenvalue weighted by molar-refractivity contribution is 0.00578. The quantitative estimate of drug-likeness (QED) is 0.178. The van der Waals surface area contributed by atoms with Crippen molar-refractivity contribution in [3.8, 4) is 22.8 Å². The maximum absolute atomic E-state index is 6.44. The summed E-state index contributed by atoms with van der Waals surface area (Å²) in [5.41, 5.74) is 4.28. The number of furan rings is 2. The monoisotopic (exact) mass is 639 g/mol. The Morgan fingerprint density at radius 2 is 0.857 bits per heavy atom. The number of rotatable bonds is 3. The SMILES string of the molecule is CC1(C)OB(c2nc(-c3ccc4oc5cc6ccccc6cc5c4c3)nc(-c3ccc4oc5cc6ccccc6cc5c4c3)n2)OC1(C)C. The van der Waals surface area contributed by atoms with Gasteiger partial charge >= 0.3 is 7.12 Å². The molecule has 0 atom stereocenters. The summed E-state index contributed by atoms with van der Waals surface area (Å²) in [7, 11) is -0.764. The maximum atomic E-state index is 6.44. The zero-order chi connectivity index (χ0) is 33.1. The van der Waals surface area contributed by atoms with Gasteiger partial charge in [0.15, 0.2) is 17.4 Å². The van der Waals surface area contributed by atoms with Crippen LogP contribution in [0.5, 0.6) is 0 Å². The molecule has 0 unspecified atom stereocenters. The Morgan fingerprint density at radius 3 is 1.31 bits per heavy atom. The maximum Gasteiger partial charge on any atom is 0.534 e. The molecule has 0 spiro atoms. The van der Waals surface area contributed by atoms with Crippen molar-refractivity contribution in [1.82, 2.24) is 15.0 Å². The standard InChI is InChI=1S/C41H30BN3O4/c1-40(2)41(3,4)49-42(48-40)39-44-37(27-13-15-33-29(19-27)31-17-23-9-5-7-11-25(23)21-35(31)46-33)43-38(45-39)28-14-16-34-30(20-28)32-18-24-10-6-8-12-26(24)22-36(32)47-34/h5-22H,1-4H3. The average molecular weight is 640 g/mol. The molecule has 9 aromatic rings. The molecule has 1 saturated heterocycles. The third-order valence-corrected chi connectivity index (χ3v) is 10.3. The van der Waals surface area contributed by atoms with Gasteiger partial charge in [0.2, 0.25) is 0 Å². The second-order valence-corrected chi connectivity index (χ2v) is 13.9. The second kappa shape index (κ2) is 9.98. The Kier molecular flexibility index (Phi) is 5.79. The van der Waals surface area contributed by atoms with Crippen molar-refractivity contribution in [2.45, 2.75) is 38.9 Å². The summed E-state index contributed by atoms with van der Waals surface area (Å²) in [5, 5.41) is 8.67. The van der Waals surface area contributed by atoms with Crippen LogP contribution in [0.1, 0.15) is 27.7 Å². The fraction of sp³-hybridized carbons (Fsp3) is 0.146. The van der Waals surface area contributed by atoms with Gasteiger partial charge in [-0.05, 0) is 110 Å². The largest absolute Gasteiger partial charge is 0.534 e. The van der Waals surface area contributed by atoms with Gasteiger partial charge in [-0.1, -0.05) is 48.5 Å². The fourth-order valence-electron chi connectivity index (χ4n) is 6.91.